The molecule has 0 amide bonds. The van der Waals surface area contributed by atoms with Crippen LogP contribution in [0.2, 0.25) is 5.02 Å². The second kappa shape index (κ2) is 8.76. The van der Waals surface area contributed by atoms with Crippen LogP contribution < -0.4 is 13.8 Å². The maximum absolute atomic E-state index is 13.6. The first kappa shape index (κ1) is 21.0. The van der Waals surface area contributed by atoms with E-state index in [2.05, 4.69) is 0 Å². The summed E-state index contributed by atoms with van der Waals surface area (Å²) in [6.07, 6.45) is 0. The van der Waals surface area contributed by atoms with Crippen LogP contribution in [0.4, 0.5) is 5.69 Å². The number of anilines is 1. The van der Waals surface area contributed by atoms with Crippen molar-refractivity contribution in [1.82, 2.24) is 0 Å². The van der Waals surface area contributed by atoms with Crippen LogP contribution in [0.1, 0.15) is 18.5 Å². The molecule has 0 fully saturated rings. The number of ether oxygens (including phenoxy) is 2. The van der Waals surface area contributed by atoms with E-state index in [-0.39, 0.29) is 4.90 Å². The van der Waals surface area contributed by atoms with Gasteiger partial charge in [-0.2, -0.15) is 0 Å². The van der Waals surface area contributed by atoms with Crippen LogP contribution in [-0.2, 0) is 10.0 Å². The topological polar surface area (TPSA) is 55.8 Å². The average Bonchev–Trinajstić information content (AvgIpc) is 2.75. The molecule has 5 nitrogen and oxygen atoms in total. The molecule has 0 N–H and O–H groups in total. The molecule has 0 aliphatic rings. The zero-order chi connectivity index (χ0) is 21.0. The van der Waals surface area contributed by atoms with Gasteiger partial charge in [0.25, 0.3) is 10.0 Å². The highest BCUT2D eigenvalue weighted by atomic mass is 35.5. The SMILES string of the molecule is COc1ccc(S(=O)(=O)N(c2ccc(Cl)cc2)C(C)c2cccc(OC)c2)cc1. The maximum Gasteiger partial charge on any atom is 0.264 e. The van der Waals surface area contributed by atoms with Gasteiger partial charge in [-0.3, -0.25) is 4.31 Å². The summed E-state index contributed by atoms with van der Waals surface area (Å²) in [4.78, 5) is 0.169. The molecule has 1 unspecified atom stereocenters. The molecule has 0 aromatic heterocycles. The standard InChI is InChI=1S/C22H22ClNO4S/c1-16(17-5-4-6-21(15-17)28-3)24(19-9-7-18(23)8-10-19)29(25,26)22-13-11-20(27-2)12-14-22/h4-16H,1-3H3. The third-order valence-corrected chi connectivity index (χ3v) is 6.79. The van der Waals surface area contributed by atoms with E-state index in [0.29, 0.717) is 22.2 Å². The Morgan fingerprint density at radius 3 is 2.07 bits per heavy atom. The Balaban J connectivity index is 2.12. The molecule has 0 aliphatic heterocycles. The average molecular weight is 432 g/mol. The number of hydrogen-bond donors (Lipinski definition) is 0. The van der Waals surface area contributed by atoms with E-state index in [1.165, 1.54) is 23.5 Å². The fraction of sp³-hybridized carbons (Fsp3) is 0.182. The van der Waals surface area contributed by atoms with Crippen molar-refractivity contribution in [3.8, 4) is 11.5 Å². The first-order valence-electron chi connectivity index (χ1n) is 8.95. The van der Waals surface area contributed by atoms with Crippen LogP contribution in [0.25, 0.3) is 0 Å². The Morgan fingerprint density at radius 1 is 0.862 bits per heavy atom. The number of methoxy groups -OCH3 is 2. The van der Waals surface area contributed by atoms with E-state index in [0.717, 1.165) is 5.56 Å². The van der Waals surface area contributed by atoms with Gasteiger partial charge in [-0.05, 0) is 73.2 Å². The minimum atomic E-state index is -3.87. The van der Waals surface area contributed by atoms with Crippen molar-refractivity contribution in [2.75, 3.05) is 18.5 Å². The quantitative estimate of drug-likeness (QED) is 0.508. The van der Waals surface area contributed by atoms with Gasteiger partial charge in [-0.1, -0.05) is 23.7 Å². The molecule has 29 heavy (non-hydrogen) atoms. The van der Waals surface area contributed by atoms with Crippen LogP contribution in [0.3, 0.4) is 0 Å². The van der Waals surface area contributed by atoms with Gasteiger partial charge in [0.2, 0.25) is 0 Å². The van der Waals surface area contributed by atoms with Gasteiger partial charge in [0.15, 0.2) is 0 Å². The Hall–Kier alpha value is -2.70. The zero-order valence-corrected chi connectivity index (χ0v) is 17.9. The monoisotopic (exact) mass is 431 g/mol. The number of halogens is 1. The maximum atomic E-state index is 13.6. The predicted octanol–water partition coefficient (Wildman–Crippen LogP) is 5.31. The summed E-state index contributed by atoms with van der Waals surface area (Å²) in [5.41, 5.74) is 1.32. The molecule has 3 aromatic carbocycles. The molecule has 152 valence electrons. The molecule has 1 atom stereocenters. The molecule has 3 aromatic rings. The fourth-order valence-corrected chi connectivity index (χ4v) is 4.83. The lowest BCUT2D eigenvalue weighted by atomic mass is 10.1. The van der Waals surface area contributed by atoms with Crippen molar-refractivity contribution in [1.29, 1.82) is 0 Å². The molecule has 0 saturated carbocycles. The van der Waals surface area contributed by atoms with Crippen molar-refractivity contribution in [3.05, 3.63) is 83.4 Å². The number of benzene rings is 3. The number of sulfonamides is 1. The molecule has 0 heterocycles. The van der Waals surface area contributed by atoms with Crippen molar-refractivity contribution in [3.63, 3.8) is 0 Å². The minimum Gasteiger partial charge on any atom is -0.497 e. The van der Waals surface area contributed by atoms with Gasteiger partial charge in [-0.25, -0.2) is 8.42 Å². The van der Waals surface area contributed by atoms with Crippen LogP contribution in [0.15, 0.2) is 77.7 Å². The van der Waals surface area contributed by atoms with Gasteiger partial charge in [-0.15, -0.1) is 0 Å². The Morgan fingerprint density at radius 2 is 1.48 bits per heavy atom. The summed E-state index contributed by atoms with van der Waals surface area (Å²) in [6.45, 7) is 1.84. The molecule has 0 spiro atoms. The van der Waals surface area contributed by atoms with Crippen molar-refractivity contribution >= 4 is 27.3 Å². The lowest BCUT2D eigenvalue weighted by molar-refractivity contribution is 0.414. The second-order valence-corrected chi connectivity index (χ2v) is 8.66. The van der Waals surface area contributed by atoms with Crippen LogP contribution >= 0.6 is 11.6 Å². The van der Waals surface area contributed by atoms with Crippen LogP contribution in [-0.4, -0.2) is 22.6 Å². The van der Waals surface area contributed by atoms with Crippen molar-refractivity contribution in [2.24, 2.45) is 0 Å². The molecule has 0 aliphatic carbocycles. The third kappa shape index (κ3) is 4.49. The van der Waals surface area contributed by atoms with Gasteiger partial charge < -0.3 is 9.47 Å². The summed E-state index contributed by atoms with van der Waals surface area (Å²) >= 11 is 6.02. The van der Waals surface area contributed by atoms with Gasteiger partial charge in [0.05, 0.1) is 30.8 Å². The highest BCUT2D eigenvalue weighted by Gasteiger charge is 2.30. The van der Waals surface area contributed by atoms with Gasteiger partial charge in [0, 0.05) is 5.02 Å². The molecule has 0 saturated heterocycles. The normalized spacial score (nSPS) is 12.3. The first-order valence-corrected chi connectivity index (χ1v) is 10.8. The second-order valence-electron chi connectivity index (χ2n) is 6.41. The molecular weight excluding hydrogens is 410 g/mol. The summed E-state index contributed by atoms with van der Waals surface area (Å²) < 4.78 is 39.1. The first-order chi connectivity index (χ1) is 13.9. The van der Waals surface area contributed by atoms with Crippen molar-refractivity contribution in [2.45, 2.75) is 17.9 Å². The highest BCUT2D eigenvalue weighted by Crippen LogP contribution is 2.35. The Labute approximate surface area is 176 Å². The van der Waals surface area contributed by atoms with Crippen LogP contribution in [0.5, 0.6) is 11.5 Å². The summed E-state index contributed by atoms with van der Waals surface area (Å²) in [5.74, 6) is 1.25. The lowest BCUT2D eigenvalue weighted by Gasteiger charge is -2.31. The highest BCUT2D eigenvalue weighted by molar-refractivity contribution is 7.92. The summed E-state index contributed by atoms with van der Waals surface area (Å²) in [5, 5.41) is 0.532. The summed E-state index contributed by atoms with van der Waals surface area (Å²) in [6, 6.07) is 19.9. The summed E-state index contributed by atoms with van der Waals surface area (Å²) in [7, 11) is -0.751. The van der Waals surface area contributed by atoms with E-state index in [9.17, 15) is 8.42 Å². The smallest absolute Gasteiger partial charge is 0.264 e. The molecule has 0 bridgehead atoms. The molecule has 0 radical (unpaired) electrons. The third-order valence-electron chi connectivity index (χ3n) is 4.63. The largest absolute Gasteiger partial charge is 0.497 e. The van der Waals surface area contributed by atoms with Crippen molar-refractivity contribution < 1.29 is 17.9 Å². The number of rotatable bonds is 7. The minimum absolute atomic E-state index is 0.169. The van der Waals surface area contributed by atoms with E-state index in [4.69, 9.17) is 21.1 Å². The Bertz CT molecular complexity index is 1070. The van der Waals surface area contributed by atoms with E-state index < -0.39 is 16.1 Å². The fourth-order valence-electron chi connectivity index (χ4n) is 3.06. The molecule has 3 rings (SSSR count). The molecule has 7 heteroatoms. The number of nitrogens with zero attached hydrogens (tertiary/aromatic N) is 1. The van der Waals surface area contributed by atoms with E-state index in [1.54, 1.807) is 43.5 Å². The number of hydrogen-bond acceptors (Lipinski definition) is 4. The van der Waals surface area contributed by atoms with Gasteiger partial charge in [0.1, 0.15) is 11.5 Å². The Kier molecular flexibility index (Phi) is 6.35. The lowest BCUT2D eigenvalue weighted by Crippen LogP contribution is -2.33. The van der Waals surface area contributed by atoms with E-state index in [1.807, 2.05) is 31.2 Å². The molecular formula is C22H22ClNO4S. The van der Waals surface area contributed by atoms with E-state index >= 15 is 0 Å². The van der Waals surface area contributed by atoms with Crippen LogP contribution in [0, 0.1) is 0 Å². The zero-order valence-electron chi connectivity index (χ0n) is 16.4. The van der Waals surface area contributed by atoms with Gasteiger partial charge >= 0.3 is 0 Å². The predicted molar refractivity (Wildman–Crippen MR) is 116 cm³/mol.